The fourth-order valence-corrected chi connectivity index (χ4v) is 1.58. The van der Waals surface area contributed by atoms with E-state index in [-0.39, 0.29) is 0 Å². The molecule has 1 nitrogen and oxygen atoms in total. The van der Waals surface area contributed by atoms with Crippen LogP contribution < -0.4 is 5.32 Å². The second kappa shape index (κ2) is 4.08. The van der Waals surface area contributed by atoms with Crippen LogP contribution in [-0.2, 0) is 0 Å². The molecule has 0 aromatic heterocycles. The average Bonchev–Trinajstić information content (AvgIpc) is 2.03. The van der Waals surface area contributed by atoms with E-state index in [0.717, 1.165) is 12.5 Å². The molecule has 1 N–H and O–H groups in total. The highest BCUT2D eigenvalue weighted by Gasteiger charge is 2.23. The fourth-order valence-electron chi connectivity index (χ4n) is 1.58. The quantitative estimate of drug-likeness (QED) is 0.637. The molecule has 0 saturated heterocycles. The van der Waals surface area contributed by atoms with Gasteiger partial charge in [0.15, 0.2) is 0 Å². The maximum Gasteiger partial charge on any atom is 0.0190 e. The molecule has 0 radical (unpaired) electrons. The Hall–Kier alpha value is -0.300. The van der Waals surface area contributed by atoms with Crippen molar-refractivity contribution in [2.24, 2.45) is 5.92 Å². The largest absolute Gasteiger partial charge is 0.311 e. The molecule has 0 fully saturated rings. The third-order valence-corrected chi connectivity index (χ3v) is 2.53. The van der Waals surface area contributed by atoms with Crippen LogP contribution in [0.15, 0.2) is 12.2 Å². The lowest BCUT2D eigenvalue weighted by molar-refractivity contribution is 0.310. The predicted molar refractivity (Wildman–Crippen MR) is 54.2 cm³/mol. The smallest absolute Gasteiger partial charge is 0.0190 e. The number of hydrogen-bond donors (Lipinski definition) is 1. The highest BCUT2D eigenvalue weighted by molar-refractivity contribution is 5.00. The Morgan fingerprint density at radius 1 is 1.42 bits per heavy atom. The van der Waals surface area contributed by atoms with E-state index in [4.69, 9.17) is 0 Å². The summed E-state index contributed by atoms with van der Waals surface area (Å²) in [5.74, 6) is 0.757. The van der Waals surface area contributed by atoms with Crippen LogP contribution in [0.5, 0.6) is 0 Å². The van der Waals surface area contributed by atoms with Gasteiger partial charge in [-0.25, -0.2) is 0 Å². The molecule has 1 atom stereocenters. The van der Waals surface area contributed by atoms with E-state index in [1.165, 1.54) is 19.3 Å². The molecule has 70 valence electrons. The molecule has 1 unspecified atom stereocenters. The van der Waals surface area contributed by atoms with Gasteiger partial charge in [-0.3, -0.25) is 0 Å². The zero-order valence-corrected chi connectivity index (χ0v) is 8.56. The van der Waals surface area contributed by atoms with Crippen molar-refractivity contribution in [1.82, 2.24) is 5.32 Å². The van der Waals surface area contributed by atoms with Crippen molar-refractivity contribution in [3.05, 3.63) is 12.2 Å². The van der Waals surface area contributed by atoms with Crippen LogP contribution in [0, 0.1) is 5.92 Å². The molecule has 0 heterocycles. The van der Waals surface area contributed by atoms with E-state index >= 15 is 0 Å². The third kappa shape index (κ3) is 2.98. The first-order valence-electron chi connectivity index (χ1n) is 5.02. The topological polar surface area (TPSA) is 12.0 Å². The second-order valence-corrected chi connectivity index (χ2v) is 4.55. The van der Waals surface area contributed by atoms with E-state index in [1.54, 1.807) is 0 Å². The van der Waals surface area contributed by atoms with Crippen LogP contribution in [0.4, 0.5) is 0 Å². The maximum absolute atomic E-state index is 3.65. The normalized spacial score (nSPS) is 29.7. The van der Waals surface area contributed by atoms with Crippen molar-refractivity contribution in [2.45, 2.75) is 45.6 Å². The first kappa shape index (κ1) is 9.79. The van der Waals surface area contributed by atoms with Gasteiger partial charge in [0.2, 0.25) is 0 Å². The van der Waals surface area contributed by atoms with Crippen molar-refractivity contribution in [3.63, 3.8) is 0 Å². The molecule has 0 aromatic carbocycles. The Kier molecular flexibility index (Phi) is 3.33. The maximum atomic E-state index is 3.65. The molecule has 0 saturated carbocycles. The van der Waals surface area contributed by atoms with E-state index in [9.17, 15) is 0 Å². The second-order valence-electron chi connectivity index (χ2n) is 4.55. The average molecular weight is 167 g/mol. The van der Waals surface area contributed by atoms with Gasteiger partial charge in [-0.2, -0.15) is 0 Å². The minimum atomic E-state index is 0.374. The van der Waals surface area contributed by atoms with Crippen LogP contribution in [-0.4, -0.2) is 12.1 Å². The summed E-state index contributed by atoms with van der Waals surface area (Å²) in [5.41, 5.74) is 0.374. The van der Waals surface area contributed by atoms with Crippen LogP contribution in [0.3, 0.4) is 0 Å². The summed E-state index contributed by atoms with van der Waals surface area (Å²) in [4.78, 5) is 0. The molecule has 1 aliphatic carbocycles. The molecule has 0 spiro atoms. The third-order valence-electron chi connectivity index (χ3n) is 2.53. The first-order valence-corrected chi connectivity index (χ1v) is 5.02. The molecule has 0 aliphatic heterocycles. The van der Waals surface area contributed by atoms with Gasteiger partial charge in [-0.05, 0) is 38.6 Å². The van der Waals surface area contributed by atoms with Gasteiger partial charge in [0.1, 0.15) is 0 Å². The molecule has 1 aliphatic rings. The van der Waals surface area contributed by atoms with E-state index in [0.29, 0.717) is 5.54 Å². The molecule has 0 amide bonds. The Morgan fingerprint density at radius 2 is 2.17 bits per heavy atom. The Bertz CT molecular complexity index is 160. The van der Waals surface area contributed by atoms with Crippen LogP contribution >= 0.6 is 0 Å². The molecular weight excluding hydrogens is 146 g/mol. The Balaban J connectivity index is 2.33. The lowest BCUT2D eigenvalue weighted by Gasteiger charge is -2.32. The van der Waals surface area contributed by atoms with Crippen LogP contribution in [0.1, 0.15) is 40.0 Å². The van der Waals surface area contributed by atoms with Gasteiger partial charge in [0.25, 0.3) is 0 Å². The lowest BCUT2D eigenvalue weighted by atomic mass is 9.87. The summed E-state index contributed by atoms with van der Waals surface area (Å²) in [6.07, 6.45) is 8.31. The molecule has 0 bridgehead atoms. The van der Waals surface area contributed by atoms with Crippen LogP contribution in [0.25, 0.3) is 0 Å². The highest BCUT2D eigenvalue weighted by atomic mass is 15.0. The summed E-state index contributed by atoms with van der Waals surface area (Å²) >= 11 is 0. The SMILES string of the molecule is CC(C)CNC1(C)CC=CCC1. The van der Waals surface area contributed by atoms with Crippen molar-refractivity contribution in [2.75, 3.05) is 6.54 Å². The standard InChI is InChI=1S/C11H21N/c1-10(2)9-12-11(3)7-5-4-6-8-11/h4-5,10,12H,6-9H2,1-3H3. The van der Waals surface area contributed by atoms with Gasteiger partial charge < -0.3 is 5.32 Å². The number of hydrogen-bond acceptors (Lipinski definition) is 1. The fraction of sp³-hybridized carbons (Fsp3) is 0.818. The molecule has 0 aromatic rings. The molecule has 12 heavy (non-hydrogen) atoms. The zero-order valence-electron chi connectivity index (χ0n) is 8.56. The Morgan fingerprint density at radius 3 is 2.67 bits per heavy atom. The van der Waals surface area contributed by atoms with Gasteiger partial charge in [-0.1, -0.05) is 26.0 Å². The van der Waals surface area contributed by atoms with Crippen LogP contribution in [0.2, 0.25) is 0 Å². The minimum absolute atomic E-state index is 0.374. The van der Waals surface area contributed by atoms with Crippen molar-refractivity contribution >= 4 is 0 Å². The highest BCUT2D eigenvalue weighted by Crippen LogP contribution is 2.22. The van der Waals surface area contributed by atoms with Gasteiger partial charge in [0, 0.05) is 5.54 Å². The number of nitrogens with one attached hydrogen (secondary N) is 1. The van der Waals surface area contributed by atoms with Crippen molar-refractivity contribution in [1.29, 1.82) is 0 Å². The monoisotopic (exact) mass is 167 g/mol. The minimum Gasteiger partial charge on any atom is -0.311 e. The molecule has 1 heteroatoms. The number of allylic oxidation sites excluding steroid dienone is 1. The summed E-state index contributed by atoms with van der Waals surface area (Å²) in [7, 11) is 0. The van der Waals surface area contributed by atoms with E-state index in [2.05, 4.69) is 38.2 Å². The van der Waals surface area contributed by atoms with Crippen molar-refractivity contribution in [3.8, 4) is 0 Å². The predicted octanol–water partition coefficient (Wildman–Crippen LogP) is 2.73. The summed E-state index contributed by atoms with van der Waals surface area (Å²) < 4.78 is 0. The van der Waals surface area contributed by atoms with Gasteiger partial charge >= 0.3 is 0 Å². The summed E-state index contributed by atoms with van der Waals surface area (Å²) in [6.45, 7) is 7.99. The summed E-state index contributed by atoms with van der Waals surface area (Å²) in [5, 5.41) is 3.65. The Labute approximate surface area is 76.2 Å². The van der Waals surface area contributed by atoms with E-state index < -0.39 is 0 Å². The van der Waals surface area contributed by atoms with Crippen molar-refractivity contribution < 1.29 is 0 Å². The van der Waals surface area contributed by atoms with Gasteiger partial charge in [0.05, 0.1) is 0 Å². The molecular formula is C11H21N. The lowest BCUT2D eigenvalue weighted by Crippen LogP contribution is -2.44. The summed E-state index contributed by atoms with van der Waals surface area (Å²) in [6, 6.07) is 0. The van der Waals surface area contributed by atoms with E-state index in [1.807, 2.05) is 0 Å². The first-order chi connectivity index (χ1) is 5.62. The number of rotatable bonds is 3. The zero-order chi connectivity index (χ0) is 9.03. The molecule has 1 rings (SSSR count). The van der Waals surface area contributed by atoms with Gasteiger partial charge in [-0.15, -0.1) is 0 Å².